The van der Waals surface area contributed by atoms with E-state index in [0.29, 0.717) is 18.1 Å². The van der Waals surface area contributed by atoms with E-state index in [4.69, 9.17) is 9.47 Å². The van der Waals surface area contributed by atoms with Crippen LogP contribution in [0.3, 0.4) is 0 Å². The molecule has 0 aliphatic heterocycles. The number of esters is 1. The normalized spacial score (nSPS) is 12.0. The van der Waals surface area contributed by atoms with Crippen molar-refractivity contribution in [1.82, 2.24) is 0 Å². The summed E-state index contributed by atoms with van der Waals surface area (Å²) in [5.41, 5.74) is 3.17. The van der Waals surface area contributed by atoms with E-state index in [2.05, 4.69) is 57.2 Å². The third-order valence-corrected chi connectivity index (χ3v) is 9.23. The number of benzene rings is 3. The van der Waals surface area contributed by atoms with Crippen molar-refractivity contribution in [3.05, 3.63) is 77.4 Å². The first-order valence-electron chi connectivity index (χ1n) is 18.5. The van der Waals surface area contributed by atoms with E-state index in [1.165, 1.54) is 118 Å². The van der Waals surface area contributed by atoms with Crippen molar-refractivity contribution in [2.45, 2.75) is 143 Å². The Labute approximate surface area is 275 Å². The third-order valence-electron chi connectivity index (χ3n) is 9.23. The van der Waals surface area contributed by atoms with Crippen LogP contribution in [0.2, 0.25) is 0 Å². The van der Waals surface area contributed by atoms with E-state index in [1.807, 2.05) is 24.3 Å². The zero-order chi connectivity index (χ0) is 32.0. The van der Waals surface area contributed by atoms with Crippen molar-refractivity contribution >= 4 is 16.7 Å². The van der Waals surface area contributed by atoms with Gasteiger partial charge in [0.1, 0.15) is 5.75 Å². The summed E-state index contributed by atoms with van der Waals surface area (Å²) in [6.45, 7) is 7.78. The van der Waals surface area contributed by atoms with Gasteiger partial charge in [-0.05, 0) is 71.3 Å². The molecule has 0 spiro atoms. The topological polar surface area (TPSA) is 35.5 Å². The molecule has 0 aliphatic rings. The van der Waals surface area contributed by atoms with Crippen molar-refractivity contribution < 1.29 is 14.3 Å². The molecule has 3 rings (SSSR count). The smallest absolute Gasteiger partial charge is 0.338 e. The Bertz CT molecular complexity index is 1200. The monoisotopic (exact) mass is 614 g/mol. The standard InChI is InChI=1S/C42H62O3/c1-4-6-7-8-9-10-11-12-13-14-15-16-17-18-19-20-31-44-41-30-29-39-32-37(25-28-40(39)33-41)22-21-36-23-26-38(27-24-36)42(43)45-34-35(3)5-2/h23-30,32-33,35H,4-22,31,34H2,1-3H3/t35-/m1/s1. The molecule has 3 aromatic rings. The number of carbonyl (C=O) groups excluding carboxylic acids is 1. The number of ether oxygens (including phenoxy) is 2. The van der Waals surface area contributed by atoms with Gasteiger partial charge in [0.25, 0.3) is 0 Å². The molecule has 3 nitrogen and oxygen atoms in total. The molecule has 1 atom stereocenters. The highest BCUT2D eigenvalue weighted by atomic mass is 16.5. The molecule has 3 aromatic carbocycles. The van der Waals surface area contributed by atoms with E-state index >= 15 is 0 Å². The number of unbranched alkanes of at least 4 members (excludes halogenated alkanes) is 15. The minimum atomic E-state index is -0.232. The molecule has 45 heavy (non-hydrogen) atoms. The zero-order valence-electron chi connectivity index (χ0n) is 28.9. The van der Waals surface area contributed by atoms with Crippen LogP contribution in [-0.2, 0) is 17.6 Å². The number of carbonyl (C=O) groups is 1. The summed E-state index contributed by atoms with van der Waals surface area (Å²) in [7, 11) is 0. The summed E-state index contributed by atoms with van der Waals surface area (Å²) in [6, 6.07) is 21.0. The Hall–Kier alpha value is -2.81. The Balaban J connectivity index is 1.24. The largest absolute Gasteiger partial charge is 0.494 e. The van der Waals surface area contributed by atoms with Gasteiger partial charge < -0.3 is 9.47 Å². The van der Waals surface area contributed by atoms with Crippen molar-refractivity contribution in [3.8, 4) is 5.75 Å². The summed E-state index contributed by atoms with van der Waals surface area (Å²) in [5, 5.41) is 2.48. The van der Waals surface area contributed by atoms with E-state index in [0.717, 1.165) is 38.0 Å². The molecule has 0 radical (unpaired) electrons. The van der Waals surface area contributed by atoms with Crippen molar-refractivity contribution in [2.75, 3.05) is 13.2 Å². The summed E-state index contributed by atoms with van der Waals surface area (Å²) in [6.07, 6.45) is 25.1. The van der Waals surface area contributed by atoms with Gasteiger partial charge in [0, 0.05) is 0 Å². The predicted molar refractivity (Wildman–Crippen MR) is 193 cm³/mol. The number of aryl methyl sites for hydroxylation is 2. The van der Waals surface area contributed by atoms with Crippen LogP contribution in [0.1, 0.15) is 151 Å². The summed E-state index contributed by atoms with van der Waals surface area (Å²) in [5.74, 6) is 1.13. The van der Waals surface area contributed by atoms with Gasteiger partial charge in [-0.25, -0.2) is 4.79 Å². The molecule has 0 aromatic heterocycles. The van der Waals surface area contributed by atoms with E-state index < -0.39 is 0 Å². The lowest BCUT2D eigenvalue weighted by molar-refractivity contribution is 0.0447. The lowest BCUT2D eigenvalue weighted by atomic mass is 10.0. The van der Waals surface area contributed by atoms with Gasteiger partial charge in [-0.3, -0.25) is 0 Å². The highest BCUT2D eigenvalue weighted by molar-refractivity contribution is 5.89. The molecular formula is C42H62O3. The molecule has 0 heterocycles. The number of rotatable bonds is 25. The fourth-order valence-corrected chi connectivity index (χ4v) is 5.87. The highest BCUT2D eigenvalue weighted by Gasteiger charge is 2.09. The van der Waals surface area contributed by atoms with Crippen LogP contribution in [0.5, 0.6) is 5.75 Å². The second-order valence-electron chi connectivity index (χ2n) is 13.3. The molecule has 0 amide bonds. The molecule has 0 bridgehead atoms. The van der Waals surface area contributed by atoms with E-state index in [1.54, 1.807) is 0 Å². The summed E-state index contributed by atoms with van der Waals surface area (Å²) in [4.78, 5) is 12.3. The summed E-state index contributed by atoms with van der Waals surface area (Å²) >= 11 is 0. The molecule has 3 heteroatoms. The van der Waals surface area contributed by atoms with Gasteiger partial charge in [-0.15, -0.1) is 0 Å². The van der Waals surface area contributed by atoms with Gasteiger partial charge in [0.15, 0.2) is 0 Å². The summed E-state index contributed by atoms with van der Waals surface area (Å²) < 4.78 is 11.5. The lowest BCUT2D eigenvalue weighted by Gasteiger charge is -2.10. The van der Waals surface area contributed by atoms with Crippen LogP contribution in [0, 0.1) is 5.92 Å². The molecular weight excluding hydrogens is 552 g/mol. The van der Waals surface area contributed by atoms with Gasteiger partial charge >= 0.3 is 5.97 Å². The second-order valence-corrected chi connectivity index (χ2v) is 13.3. The van der Waals surface area contributed by atoms with Gasteiger partial charge in [0.2, 0.25) is 0 Å². The van der Waals surface area contributed by atoms with Crippen molar-refractivity contribution in [2.24, 2.45) is 5.92 Å². The van der Waals surface area contributed by atoms with Crippen LogP contribution in [0.15, 0.2) is 60.7 Å². The quantitative estimate of drug-likeness (QED) is 0.0703. The maximum absolute atomic E-state index is 12.3. The maximum Gasteiger partial charge on any atom is 0.338 e. The molecule has 0 fully saturated rings. The minimum absolute atomic E-state index is 0.232. The third kappa shape index (κ3) is 15.4. The molecule has 0 unspecified atom stereocenters. The van der Waals surface area contributed by atoms with Crippen LogP contribution in [-0.4, -0.2) is 19.2 Å². The first-order valence-corrected chi connectivity index (χ1v) is 18.5. The van der Waals surface area contributed by atoms with Gasteiger partial charge in [0.05, 0.1) is 18.8 Å². The van der Waals surface area contributed by atoms with Crippen LogP contribution in [0.25, 0.3) is 10.8 Å². The SMILES string of the molecule is CCCCCCCCCCCCCCCCCCOc1ccc2cc(CCc3ccc(C(=O)OC[C@H](C)CC)cc3)ccc2c1. The van der Waals surface area contributed by atoms with E-state index in [9.17, 15) is 4.79 Å². The Kier molecular flexibility index (Phi) is 18.5. The Morgan fingerprint density at radius 3 is 1.71 bits per heavy atom. The molecule has 248 valence electrons. The highest BCUT2D eigenvalue weighted by Crippen LogP contribution is 2.23. The Morgan fingerprint density at radius 1 is 0.600 bits per heavy atom. The van der Waals surface area contributed by atoms with Gasteiger partial charge in [-0.1, -0.05) is 160 Å². The molecule has 0 N–H and O–H groups in total. The van der Waals surface area contributed by atoms with Crippen molar-refractivity contribution in [1.29, 1.82) is 0 Å². The Morgan fingerprint density at radius 2 is 1.11 bits per heavy atom. The molecule has 0 aliphatic carbocycles. The molecule has 0 saturated carbocycles. The number of hydrogen-bond donors (Lipinski definition) is 0. The van der Waals surface area contributed by atoms with Crippen LogP contribution >= 0.6 is 0 Å². The minimum Gasteiger partial charge on any atom is -0.494 e. The number of hydrogen-bond acceptors (Lipinski definition) is 3. The second kappa shape index (κ2) is 22.7. The van der Waals surface area contributed by atoms with Crippen LogP contribution < -0.4 is 4.74 Å². The maximum atomic E-state index is 12.3. The fraction of sp³-hybridized carbons (Fsp3) is 0.595. The first kappa shape index (κ1) is 36.7. The predicted octanol–water partition coefficient (Wildman–Crippen LogP) is 12.5. The molecule has 0 saturated heterocycles. The fourth-order valence-electron chi connectivity index (χ4n) is 5.87. The number of fused-ring (bicyclic) bond motifs is 1. The van der Waals surface area contributed by atoms with Gasteiger partial charge in [-0.2, -0.15) is 0 Å². The first-order chi connectivity index (χ1) is 22.1. The average Bonchev–Trinajstić information content (AvgIpc) is 3.07. The van der Waals surface area contributed by atoms with Crippen molar-refractivity contribution in [3.63, 3.8) is 0 Å². The lowest BCUT2D eigenvalue weighted by Crippen LogP contribution is -2.11. The van der Waals surface area contributed by atoms with Crippen LogP contribution in [0.4, 0.5) is 0 Å². The average molecular weight is 615 g/mol. The van der Waals surface area contributed by atoms with E-state index in [-0.39, 0.29) is 5.97 Å². The zero-order valence-corrected chi connectivity index (χ0v) is 28.9.